The summed E-state index contributed by atoms with van der Waals surface area (Å²) >= 11 is 0. The van der Waals surface area contributed by atoms with Crippen LogP contribution in [0.5, 0.6) is 0 Å². The SMILES string of the molecule is Cc1cc(C(=O)N2CCC(Cn3ccnc3C)CC2)c(C)o1. The molecule has 3 heterocycles. The Labute approximate surface area is 130 Å². The Morgan fingerprint density at radius 1 is 1.32 bits per heavy atom. The Bertz CT molecular complexity index is 663. The molecule has 0 bridgehead atoms. The fourth-order valence-corrected chi connectivity index (χ4v) is 3.21. The van der Waals surface area contributed by atoms with Crippen molar-refractivity contribution in [3.05, 3.63) is 41.4 Å². The lowest BCUT2D eigenvalue weighted by molar-refractivity contribution is 0.0681. The molecule has 5 heteroatoms. The average molecular weight is 301 g/mol. The summed E-state index contributed by atoms with van der Waals surface area (Å²) in [5.41, 5.74) is 0.710. The number of aromatic nitrogens is 2. The van der Waals surface area contributed by atoms with Gasteiger partial charge in [0.25, 0.3) is 5.91 Å². The predicted molar refractivity (Wildman–Crippen MR) is 83.8 cm³/mol. The Balaban J connectivity index is 1.58. The standard InChI is InChI=1S/C17H23N3O2/c1-12-10-16(13(2)22-12)17(21)19-7-4-15(5-8-19)11-20-9-6-18-14(20)3/h6,9-10,15H,4-5,7-8,11H2,1-3H3. The summed E-state index contributed by atoms with van der Waals surface area (Å²) < 4.78 is 7.67. The molecular formula is C17H23N3O2. The number of likely N-dealkylation sites (tertiary alicyclic amines) is 1. The second-order valence-electron chi connectivity index (χ2n) is 6.19. The molecule has 118 valence electrons. The van der Waals surface area contributed by atoms with Gasteiger partial charge in [0.15, 0.2) is 0 Å². The summed E-state index contributed by atoms with van der Waals surface area (Å²) in [5.74, 6) is 3.30. The average Bonchev–Trinajstić information content (AvgIpc) is 3.05. The normalized spacial score (nSPS) is 16.2. The van der Waals surface area contributed by atoms with Gasteiger partial charge >= 0.3 is 0 Å². The van der Waals surface area contributed by atoms with E-state index < -0.39 is 0 Å². The summed E-state index contributed by atoms with van der Waals surface area (Å²) in [6.45, 7) is 8.40. The maximum Gasteiger partial charge on any atom is 0.257 e. The second kappa shape index (κ2) is 5.99. The van der Waals surface area contributed by atoms with E-state index in [1.165, 1.54) is 0 Å². The van der Waals surface area contributed by atoms with Crippen molar-refractivity contribution in [1.29, 1.82) is 0 Å². The summed E-state index contributed by atoms with van der Waals surface area (Å²) in [7, 11) is 0. The van der Waals surface area contributed by atoms with E-state index in [2.05, 4.69) is 9.55 Å². The van der Waals surface area contributed by atoms with Gasteiger partial charge in [-0.15, -0.1) is 0 Å². The highest BCUT2D eigenvalue weighted by atomic mass is 16.3. The van der Waals surface area contributed by atoms with Crippen molar-refractivity contribution in [2.75, 3.05) is 13.1 Å². The van der Waals surface area contributed by atoms with E-state index in [0.717, 1.165) is 49.8 Å². The molecular weight excluding hydrogens is 278 g/mol. The van der Waals surface area contributed by atoms with Crippen LogP contribution in [0.4, 0.5) is 0 Å². The van der Waals surface area contributed by atoms with E-state index in [1.807, 2.05) is 44.1 Å². The minimum absolute atomic E-state index is 0.103. The molecule has 0 radical (unpaired) electrons. The van der Waals surface area contributed by atoms with E-state index in [0.29, 0.717) is 11.5 Å². The molecule has 2 aromatic heterocycles. The molecule has 1 fully saturated rings. The van der Waals surface area contributed by atoms with Crippen LogP contribution < -0.4 is 0 Å². The number of rotatable bonds is 3. The zero-order valence-electron chi connectivity index (χ0n) is 13.5. The molecule has 1 amide bonds. The number of piperidine rings is 1. The molecule has 0 unspecified atom stereocenters. The van der Waals surface area contributed by atoms with Crippen molar-refractivity contribution in [3.63, 3.8) is 0 Å². The van der Waals surface area contributed by atoms with Gasteiger partial charge in [-0.05, 0) is 45.6 Å². The molecule has 1 saturated heterocycles. The Morgan fingerprint density at radius 3 is 2.59 bits per heavy atom. The highest BCUT2D eigenvalue weighted by Crippen LogP contribution is 2.23. The van der Waals surface area contributed by atoms with E-state index in [-0.39, 0.29) is 5.91 Å². The van der Waals surface area contributed by atoms with Gasteiger partial charge in [-0.25, -0.2) is 4.98 Å². The number of hydrogen-bond acceptors (Lipinski definition) is 3. The molecule has 2 aromatic rings. The number of hydrogen-bond donors (Lipinski definition) is 0. The molecule has 0 saturated carbocycles. The van der Waals surface area contributed by atoms with Gasteiger partial charge in [0, 0.05) is 32.0 Å². The molecule has 0 atom stereocenters. The first-order valence-corrected chi connectivity index (χ1v) is 7.88. The first-order chi connectivity index (χ1) is 10.5. The summed E-state index contributed by atoms with van der Waals surface area (Å²) in [6, 6.07) is 1.85. The smallest absolute Gasteiger partial charge is 0.257 e. The molecule has 0 N–H and O–H groups in total. The van der Waals surface area contributed by atoms with Crippen molar-refractivity contribution in [3.8, 4) is 0 Å². The quantitative estimate of drug-likeness (QED) is 0.876. The zero-order chi connectivity index (χ0) is 15.7. The second-order valence-corrected chi connectivity index (χ2v) is 6.19. The van der Waals surface area contributed by atoms with Gasteiger partial charge in [0.05, 0.1) is 5.56 Å². The largest absolute Gasteiger partial charge is 0.466 e. The predicted octanol–water partition coefficient (Wildman–Crippen LogP) is 2.95. The van der Waals surface area contributed by atoms with Crippen LogP contribution in [0.2, 0.25) is 0 Å². The Hall–Kier alpha value is -2.04. The van der Waals surface area contributed by atoms with Crippen molar-refractivity contribution in [2.45, 2.75) is 40.2 Å². The topological polar surface area (TPSA) is 51.3 Å². The lowest BCUT2D eigenvalue weighted by Crippen LogP contribution is -2.39. The molecule has 1 aliphatic heterocycles. The van der Waals surface area contributed by atoms with Crippen LogP contribution >= 0.6 is 0 Å². The van der Waals surface area contributed by atoms with E-state index in [1.54, 1.807) is 0 Å². The third-order valence-electron chi connectivity index (χ3n) is 4.55. The van der Waals surface area contributed by atoms with Crippen LogP contribution in [0.3, 0.4) is 0 Å². The van der Waals surface area contributed by atoms with Gasteiger partial charge in [-0.2, -0.15) is 0 Å². The van der Waals surface area contributed by atoms with E-state index >= 15 is 0 Å². The number of furan rings is 1. The Kier molecular flexibility index (Phi) is 4.05. The monoisotopic (exact) mass is 301 g/mol. The van der Waals surface area contributed by atoms with Crippen molar-refractivity contribution >= 4 is 5.91 Å². The van der Waals surface area contributed by atoms with Crippen LogP contribution in [-0.4, -0.2) is 33.4 Å². The number of carbonyl (C=O) groups excluding carboxylic acids is 1. The first-order valence-electron chi connectivity index (χ1n) is 7.88. The van der Waals surface area contributed by atoms with Crippen LogP contribution in [0.15, 0.2) is 22.9 Å². The van der Waals surface area contributed by atoms with E-state index in [4.69, 9.17) is 4.42 Å². The minimum Gasteiger partial charge on any atom is -0.466 e. The highest BCUT2D eigenvalue weighted by molar-refractivity contribution is 5.95. The summed E-state index contributed by atoms with van der Waals surface area (Å²) in [6.07, 6.45) is 5.96. The summed E-state index contributed by atoms with van der Waals surface area (Å²) in [4.78, 5) is 18.8. The van der Waals surface area contributed by atoms with Crippen LogP contribution in [0.1, 0.15) is 40.5 Å². The van der Waals surface area contributed by atoms with Crippen molar-refractivity contribution in [1.82, 2.24) is 14.5 Å². The van der Waals surface area contributed by atoms with Crippen LogP contribution in [0.25, 0.3) is 0 Å². The third kappa shape index (κ3) is 2.93. The van der Waals surface area contributed by atoms with Gasteiger partial charge in [-0.1, -0.05) is 0 Å². The summed E-state index contributed by atoms with van der Waals surface area (Å²) in [5, 5.41) is 0. The zero-order valence-corrected chi connectivity index (χ0v) is 13.5. The molecule has 22 heavy (non-hydrogen) atoms. The van der Waals surface area contributed by atoms with Gasteiger partial charge < -0.3 is 13.9 Å². The van der Waals surface area contributed by atoms with Gasteiger partial charge in [-0.3, -0.25) is 4.79 Å². The maximum atomic E-state index is 12.6. The van der Waals surface area contributed by atoms with Gasteiger partial charge in [0.2, 0.25) is 0 Å². The molecule has 3 rings (SSSR count). The van der Waals surface area contributed by atoms with Crippen molar-refractivity contribution < 1.29 is 9.21 Å². The molecule has 1 aliphatic rings. The molecule has 5 nitrogen and oxygen atoms in total. The molecule has 0 spiro atoms. The van der Waals surface area contributed by atoms with Crippen LogP contribution in [0, 0.1) is 26.7 Å². The first kappa shape index (κ1) is 14.9. The number of carbonyl (C=O) groups is 1. The number of imidazole rings is 1. The molecule has 0 aromatic carbocycles. The van der Waals surface area contributed by atoms with Crippen molar-refractivity contribution in [2.24, 2.45) is 5.92 Å². The number of amides is 1. The van der Waals surface area contributed by atoms with E-state index in [9.17, 15) is 4.79 Å². The number of nitrogens with zero attached hydrogens (tertiary/aromatic N) is 3. The lowest BCUT2D eigenvalue weighted by atomic mass is 9.96. The fraction of sp³-hybridized carbons (Fsp3) is 0.529. The van der Waals surface area contributed by atoms with Crippen LogP contribution in [-0.2, 0) is 6.54 Å². The number of aryl methyl sites for hydroxylation is 3. The fourth-order valence-electron chi connectivity index (χ4n) is 3.21. The Morgan fingerprint density at radius 2 is 2.05 bits per heavy atom. The maximum absolute atomic E-state index is 12.6. The minimum atomic E-state index is 0.103. The highest BCUT2D eigenvalue weighted by Gasteiger charge is 2.26. The lowest BCUT2D eigenvalue weighted by Gasteiger charge is -2.32. The third-order valence-corrected chi connectivity index (χ3v) is 4.55. The molecule has 0 aliphatic carbocycles. The van der Waals surface area contributed by atoms with Gasteiger partial charge in [0.1, 0.15) is 17.3 Å².